The third-order valence-electron chi connectivity index (χ3n) is 8.04. The van der Waals surface area contributed by atoms with Crippen molar-refractivity contribution in [3.05, 3.63) is 42.0 Å². The molecule has 0 fully saturated rings. The molecular weight excluding hydrogens is 646 g/mol. The molecule has 0 saturated heterocycles. The van der Waals surface area contributed by atoms with Gasteiger partial charge in [0.05, 0.1) is 13.0 Å². The second kappa shape index (κ2) is 23.6. The second-order valence-corrected chi connectivity index (χ2v) is 13.6. The van der Waals surface area contributed by atoms with Crippen LogP contribution in [0.1, 0.15) is 117 Å². The Morgan fingerprint density at radius 2 is 1.50 bits per heavy atom. The molecule has 0 aliphatic heterocycles. The van der Waals surface area contributed by atoms with Gasteiger partial charge in [-0.2, -0.15) is 0 Å². The minimum atomic E-state index is -2.50. The smallest absolute Gasteiger partial charge is 0.344 e. The molecule has 0 saturated carbocycles. The van der Waals surface area contributed by atoms with E-state index in [1.807, 2.05) is 0 Å². The Bertz CT molecular complexity index is 1220. The van der Waals surface area contributed by atoms with E-state index in [-0.39, 0.29) is 12.2 Å². The van der Waals surface area contributed by atoms with Crippen LogP contribution in [-0.4, -0.2) is 82.5 Å². The number of nitrogens with one attached hydrogen (secondary N) is 1. The highest BCUT2D eigenvalue weighted by atomic mass is 16.6. The number of hydrogen-bond acceptors (Lipinski definition) is 11. The lowest BCUT2D eigenvalue weighted by Crippen LogP contribution is -2.56. The van der Waals surface area contributed by atoms with E-state index in [1.165, 1.54) is 49.6 Å². The molecule has 0 bridgehead atoms. The molecule has 50 heavy (non-hydrogen) atoms. The van der Waals surface area contributed by atoms with Crippen LogP contribution in [0.2, 0.25) is 0 Å². The maximum absolute atomic E-state index is 13.9. The Labute approximate surface area is 297 Å². The molecule has 1 aromatic rings. The topological polar surface area (TPSA) is 186 Å². The van der Waals surface area contributed by atoms with Gasteiger partial charge in [0.25, 0.3) is 0 Å². The van der Waals surface area contributed by atoms with Crippen LogP contribution in [-0.2, 0) is 44.6 Å². The molecule has 0 aromatic heterocycles. The molecule has 0 radical (unpaired) electrons. The van der Waals surface area contributed by atoms with Crippen molar-refractivity contribution in [2.75, 3.05) is 20.3 Å². The fourth-order valence-corrected chi connectivity index (χ4v) is 5.22. The number of aliphatic hydroxyl groups is 2. The summed E-state index contributed by atoms with van der Waals surface area (Å²) in [6.07, 6.45) is 12.8. The number of aromatic hydroxyl groups is 1. The maximum Gasteiger partial charge on any atom is 0.344 e. The third kappa shape index (κ3) is 17.8. The molecule has 12 nitrogen and oxygen atoms in total. The lowest BCUT2D eigenvalue weighted by atomic mass is 9.82. The first-order valence-corrected chi connectivity index (χ1v) is 17.7. The van der Waals surface area contributed by atoms with Crippen molar-refractivity contribution in [1.29, 1.82) is 0 Å². The number of allylic oxidation sites excluding steroid dienone is 1. The molecule has 0 spiro atoms. The van der Waals surface area contributed by atoms with Gasteiger partial charge in [0.2, 0.25) is 5.91 Å². The normalized spacial score (nSPS) is 14.0. The lowest BCUT2D eigenvalue weighted by molar-refractivity contribution is -0.185. The highest BCUT2D eigenvalue weighted by molar-refractivity contribution is 5.93. The number of esters is 3. The molecule has 1 rings (SSSR count). The number of aliphatic hydroxyl groups excluding tert-OH is 1. The van der Waals surface area contributed by atoms with Crippen molar-refractivity contribution in [2.45, 2.75) is 135 Å². The Morgan fingerprint density at radius 1 is 0.900 bits per heavy atom. The zero-order valence-corrected chi connectivity index (χ0v) is 30.5. The molecule has 0 heterocycles. The molecule has 4 N–H and O–H groups in total. The molecule has 12 heteroatoms. The minimum Gasteiger partial charge on any atom is -0.508 e. The molecule has 3 atom stereocenters. The van der Waals surface area contributed by atoms with Gasteiger partial charge in [-0.15, -0.1) is 0 Å². The van der Waals surface area contributed by atoms with Crippen LogP contribution >= 0.6 is 0 Å². The second-order valence-electron chi connectivity index (χ2n) is 13.6. The van der Waals surface area contributed by atoms with Crippen molar-refractivity contribution >= 4 is 29.6 Å². The molecular formula is C38H59NO11. The third-order valence-corrected chi connectivity index (χ3v) is 8.04. The molecule has 1 aromatic carbocycles. The lowest BCUT2D eigenvalue weighted by Gasteiger charge is -2.34. The van der Waals surface area contributed by atoms with Gasteiger partial charge in [0, 0.05) is 32.3 Å². The van der Waals surface area contributed by atoms with E-state index in [0.29, 0.717) is 30.6 Å². The minimum absolute atomic E-state index is 0.0131. The van der Waals surface area contributed by atoms with Crippen LogP contribution in [0.3, 0.4) is 0 Å². The predicted octanol–water partition coefficient (Wildman–Crippen LogP) is 5.03. The summed E-state index contributed by atoms with van der Waals surface area (Å²) in [5, 5.41) is 33.8. The van der Waals surface area contributed by atoms with E-state index in [9.17, 15) is 39.3 Å². The van der Waals surface area contributed by atoms with Crippen LogP contribution in [0.25, 0.3) is 0 Å². The van der Waals surface area contributed by atoms with Gasteiger partial charge < -0.3 is 34.8 Å². The van der Waals surface area contributed by atoms with E-state index in [2.05, 4.69) is 17.0 Å². The van der Waals surface area contributed by atoms with Crippen molar-refractivity contribution in [3.63, 3.8) is 0 Å². The van der Waals surface area contributed by atoms with Gasteiger partial charge in [-0.05, 0) is 64.2 Å². The van der Waals surface area contributed by atoms with Crippen LogP contribution in [0.5, 0.6) is 5.75 Å². The number of methoxy groups -OCH3 is 1. The number of amides is 1. The van der Waals surface area contributed by atoms with Crippen molar-refractivity contribution < 1.29 is 53.5 Å². The number of rotatable bonds is 25. The summed E-state index contributed by atoms with van der Waals surface area (Å²) >= 11 is 0. The van der Waals surface area contributed by atoms with Crippen LogP contribution < -0.4 is 5.32 Å². The first-order chi connectivity index (χ1) is 23.7. The SMILES string of the molecule is CCCCCCCC(=O)CCCCCC/C=C/[C@H](C(=O)N[C@@H](Cc1ccc(O)cc1)C(=O)OCC(=O)OC)C(O)(CCO)C(=O)OC(C)(C)C. The van der Waals surface area contributed by atoms with E-state index in [0.717, 1.165) is 45.6 Å². The van der Waals surface area contributed by atoms with Gasteiger partial charge in [-0.1, -0.05) is 69.7 Å². The molecule has 1 amide bonds. The Morgan fingerprint density at radius 3 is 2.06 bits per heavy atom. The number of unbranched alkanes of at least 4 members (excludes halogenated alkanes) is 8. The summed E-state index contributed by atoms with van der Waals surface area (Å²) in [4.78, 5) is 64.1. The number of ether oxygens (including phenoxy) is 3. The highest BCUT2D eigenvalue weighted by Crippen LogP contribution is 2.28. The maximum atomic E-state index is 13.9. The van der Waals surface area contributed by atoms with Crippen molar-refractivity contribution in [1.82, 2.24) is 5.32 Å². The zero-order chi connectivity index (χ0) is 37.6. The number of hydrogen-bond donors (Lipinski definition) is 4. The van der Waals surface area contributed by atoms with E-state index in [1.54, 1.807) is 26.8 Å². The number of Topliss-reactive ketones (excluding diaryl/α,β-unsaturated/α-hetero) is 1. The fraction of sp³-hybridized carbons (Fsp3) is 0.658. The van der Waals surface area contributed by atoms with Gasteiger partial charge in [-0.3, -0.25) is 9.59 Å². The van der Waals surface area contributed by atoms with E-state index in [4.69, 9.17) is 9.47 Å². The van der Waals surface area contributed by atoms with Crippen LogP contribution in [0.15, 0.2) is 36.4 Å². The van der Waals surface area contributed by atoms with Gasteiger partial charge in [-0.25, -0.2) is 14.4 Å². The zero-order valence-electron chi connectivity index (χ0n) is 30.5. The van der Waals surface area contributed by atoms with E-state index < -0.39 is 66.6 Å². The summed E-state index contributed by atoms with van der Waals surface area (Å²) in [6.45, 7) is 5.60. The first-order valence-electron chi connectivity index (χ1n) is 17.7. The average Bonchev–Trinajstić information content (AvgIpc) is 3.06. The van der Waals surface area contributed by atoms with Crippen LogP contribution in [0, 0.1) is 5.92 Å². The quantitative estimate of drug-likeness (QED) is 0.0463. The first kappa shape index (κ1) is 44.3. The standard InChI is InChI=1S/C38H59NO11/c1-6-7-8-11-14-17-29(41)18-15-12-9-10-13-16-19-31(38(47,24-25-40)36(46)50-37(2,3)4)34(44)39-32(35(45)49-27-33(43)48-5)26-28-20-22-30(42)23-21-28/h16,19-23,31-32,40,42,47H,6-15,17-18,24-27H2,1-5H3,(H,39,44)/b19-16+/t31-,32+,38?/m1/s1. The fourth-order valence-electron chi connectivity index (χ4n) is 5.22. The summed E-state index contributed by atoms with van der Waals surface area (Å²) in [5.74, 6) is -5.15. The van der Waals surface area contributed by atoms with E-state index >= 15 is 0 Å². The molecule has 0 aliphatic carbocycles. The summed E-state index contributed by atoms with van der Waals surface area (Å²) in [6, 6.07) is 4.49. The predicted molar refractivity (Wildman–Crippen MR) is 188 cm³/mol. The number of phenols is 1. The Hall–Kier alpha value is -3.77. The molecule has 282 valence electrons. The Balaban J connectivity index is 3.10. The molecule has 0 aliphatic rings. The number of ketones is 1. The number of carbonyl (C=O) groups is 5. The largest absolute Gasteiger partial charge is 0.508 e. The summed E-state index contributed by atoms with van der Waals surface area (Å²) in [7, 11) is 1.12. The molecule has 1 unspecified atom stereocenters. The van der Waals surface area contributed by atoms with Gasteiger partial charge in [0.1, 0.15) is 23.2 Å². The summed E-state index contributed by atoms with van der Waals surface area (Å²) < 4.78 is 15.0. The Kier molecular flexibility index (Phi) is 20.9. The number of phenolic OH excluding ortho intramolecular Hbond substituents is 1. The van der Waals surface area contributed by atoms with Gasteiger partial charge >= 0.3 is 17.9 Å². The average molecular weight is 706 g/mol. The van der Waals surface area contributed by atoms with Gasteiger partial charge in [0.15, 0.2) is 12.2 Å². The number of carbonyl (C=O) groups excluding carboxylic acids is 5. The van der Waals surface area contributed by atoms with Crippen molar-refractivity contribution in [2.24, 2.45) is 5.92 Å². The number of benzene rings is 1. The highest BCUT2D eigenvalue weighted by Gasteiger charge is 2.49. The monoisotopic (exact) mass is 705 g/mol. The van der Waals surface area contributed by atoms with Crippen LogP contribution in [0.4, 0.5) is 0 Å². The van der Waals surface area contributed by atoms with Crippen molar-refractivity contribution in [3.8, 4) is 5.75 Å². The summed E-state index contributed by atoms with van der Waals surface area (Å²) in [5.41, 5.74) is -3.00.